The predicted molar refractivity (Wildman–Crippen MR) is 71.6 cm³/mol. The quantitative estimate of drug-likeness (QED) is 0.486. The fourth-order valence-electron chi connectivity index (χ4n) is 1.19. The van der Waals surface area contributed by atoms with Crippen LogP contribution in [-0.2, 0) is 0 Å². The number of nitrogens with zero attached hydrogens (tertiary/aromatic N) is 2. The summed E-state index contributed by atoms with van der Waals surface area (Å²) in [6.45, 7) is 3.85. The van der Waals surface area contributed by atoms with Gasteiger partial charge in [0.15, 0.2) is 0 Å². The highest BCUT2D eigenvalue weighted by molar-refractivity contribution is 7.95. The summed E-state index contributed by atoms with van der Waals surface area (Å²) in [4.78, 5) is 22.1. The third-order valence-electron chi connectivity index (χ3n) is 2.43. The number of rotatable bonds is 3. The van der Waals surface area contributed by atoms with Crippen LogP contribution in [0.2, 0.25) is 0 Å². The summed E-state index contributed by atoms with van der Waals surface area (Å²) in [6, 6.07) is 5.24. The average Bonchev–Trinajstić information content (AvgIpc) is 2.33. The molecule has 1 aromatic carbocycles. The summed E-state index contributed by atoms with van der Waals surface area (Å²) in [7, 11) is 2.60. The van der Waals surface area contributed by atoms with Gasteiger partial charge in [-0.15, -0.1) is 4.39 Å². The van der Waals surface area contributed by atoms with E-state index in [9.17, 15) is 14.0 Å². The van der Waals surface area contributed by atoms with Gasteiger partial charge in [-0.3, -0.25) is 0 Å². The monoisotopic (exact) mass is 286 g/mol. The van der Waals surface area contributed by atoms with Gasteiger partial charge in [0, 0.05) is 14.1 Å². The highest BCUT2D eigenvalue weighted by Gasteiger charge is 2.17. The summed E-state index contributed by atoms with van der Waals surface area (Å²) in [5.41, 5.74) is 2.09. The third kappa shape index (κ3) is 4.44. The first-order chi connectivity index (χ1) is 8.81. The van der Waals surface area contributed by atoms with Crippen molar-refractivity contribution < 1.29 is 18.7 Å². The first-order valence-electron chi connectivity index (χ1n) is 5.45. The Morgan fingerprint density at radius 1 is 1.16 bits per heavy atom. The van der Waals surface area contributed by atoms with E-state index >= 15 is 0 Å². The number of amides is 2. The Morgan fingerprint density at radius 3 is 2.32 bits per heavy atom. The fraction of sp³-hybridized carbons (Fsp3) is 0.333. The highest BCUT2D eigenvalue weighted by Crippen LogP contribution is 2.19. The van der Waals surface area contributed by atoms with Crippen molar-refractivity contribution in [2.24, 2.45) is 0 Å². The van der Waals surface area contributed by atoms with Crippen LogP contribution < -0.4 is 4.74 Å². The second-order valence-electron chi connectivity index (χ2n) is 3.94. The van der Waals surface area contributed by atoms with Crippen LogP contribution in [-0.4, -0.2) is 35.0 Å². The Hall–Kier alpha value is -1.76. The molecule has 0 bridgehead atoms. The van der Waals surface area contributed by atoms with Crippen molar-refractivity contribution in [2.75, 3.05) is 14.1 Å². The molecule has 0 N–H and O–H groups in total. The van der Waals surface area contributed by atoms with Crippen LogP contribution in [0.3, 0.4) is 0 Å². The highest BCUT2D eigenvalue weighted by atomic mass is 32.2. The Bertz CT molecular complexity index is 496. The molecule has 0 heterocycles. The SMILES string of the molecule is Cc1ccc(OC(=O)N(C)SN(C)C(=O)F)cc1C. The van der Waals surface area contributed by atoms with Gasteiger partial charge in [-0.2, -0.15) is 0 Å². The summed E-state index contributed by atoms with van der Waals surface area (Å²) in [5.74, 6) is 0.398. The van der Waals surface area contributed by atoms with Crippen LogP contribution in [0.4, 0.5) is 14.0 Å². The number of halogens is 1. The standard InChI is InChI=1S/C12H15FN2O3S/c1-8-5-6-10(7-9(8)2)18-12(17)15(4)19-14(3)11(13)16/h5-7H,1-4H3. The average molecular weight is 286 g/mol. The molecule has 0 saturated carbocycles. The number of aryl methyl sites for hydroxylation is 2. The second kappa shape index (κ2) is 6.42. The molecule has 7 heteroatoms. The van der Waals surface area contributed by atoms with Crippen molar-refractivity contribution in [1.29, 1.82) is 0 Å². The molecule has 0 unspecified atom stereocenters. The van der Waals surface area contributed by atoms with Crippen LogP contribution in [0, 0.1) is 13.8 Å². The van der Waals surface area contributed by atoms with Gasteiger partial charge in [0.2, 0.25) is 0 Å². The van der Waals surface area contributed by atoms with Gasteiger partial charge in [-0.25, -0.2) is 18.2 Å². The van der Waals surface area contributed by atoms with Crippen LogP contribution in [0.5, 0.6) is 5.75 Å². The Kier molecular flexibility index (Phi) is 5.17. The first kappa shape index (κ1) is 15.3. The van der Waals surface area contributed by atoms with Crippen molar-refractivity contribution in [3.8, 4) is 5.75 Å². The zero-order valence-corrected chi connectivity index (χ0v) is 12.0. The Morgan fingerprint density at radius 2 is 1.79 bits per heavy atom. The van der Waals surface area contributed by atoms with Crippen LogP contribution in [0.1, 0.15) is 11.1 Å². The number of carbonyl (C=O) groups excluding carboxylic acids is 2. The van der Waals surface area contributed by atoms with Crippen molar-refractivity contribution in [3.63, 3.8) is 0 Å². The minimum Gasteiger partial charge on any atom is -0.410 e. The molecular weight excluding hydrogens is 271 g/mol. The normalized spacial score (nSPS) is 9.95. The van der Waals surface area contributed by atoms with Gasteiger partial charge in [0.05, 0.1) is 12.1 Å². The van der Waals surface area contributed by atoms with Crippen LogP contribution in [0.25, 0.3) is 0 Å². The minimum atomic E-state index is -1.64. The predicted octanol–water partition coefficient (Wildman–Crippen LogP) is 3.32. The zero-order valence-electron chi connectivity index (χ0n) is 11.1. The lowest BCUT2D eigenvalue weighted by molar-refractivity contribution is 0.185. The van der Waals surface area contributed by atoms with E-state index in [-0.39, 0.29) is 0 Å². The molecule has 5 nitrogen and oxygen atoms in total. The minimum absolute atomic E-state index is 0.398. The van der Waals surface area contributed by atoms with Gasteiger partial charge in [0.25, 0.3) is 0 Å². The lowest BCUT2D eigenvalue weighted by Crippen LogP contribution is -2.29. The smallest absolute Gasteiger partial charge is 0.410 e. The van der Waals surface area contributed by atoms with Gasteiger partial charge in [-0.05, 0) is 37.1 Å². The molecule has 1 aromatic rings. The molecule has 2 amide bonds. The van der Waals surface area contributed by atoms with Crippen molar-refractivity contribution >= 4 is 24.4 Å². The Labute approximate surface area is 115 Å². The molecule has 0 spiro atoms. The molecule has 0 fully saturated rings. The van der Waals surface area contributed by atoms with Gasteiger partial charge >= 0.3 is 12.3 Å². The van der Waals surface area contributed by atoms with E-state index in [2.05, 4.69) is 0 Å². The topological polar surface area (TPSA) is 49.9 Å². The molecule has 0 radical (unpaired) electrons. The Balaban J connectivity index is 2.63. The molecule has 0 aromatic heterocycles. The zero-order chi connectivity index (χ0) is 14.6. The maximum absolute atomic E-state index is 12.3. The molecule has 1 rings (SSSR count). The molecule has 0 saturated heterocycles. The molecule has 0 aliphatic heterocycles. The van der Waals surface area contributed by atoms with E-state index in [4.69, 9.17) is 4.74 Å². The van der Waals surface area contributed by atoms with Gasteiger partial charge in [0.1, 0.15) is 5.75 Å². The molecule has 0 aliphatic rings. The number of carbonyl (C=O) groups is 2. The van der Waals surface area contributed by atoms with E-state index in [1.54, 1.807) is 12.1 Å². The maximum atomic E-state index is 12.3. The molecule has 19 heavy (non-hydrogen) atoms. The van der Waals surface area contributed by atoms with Crippen molar-refractivity contribution in [3.05, 3.63) is 29.3 Å². The number of hydrogen-bond donors (Lipinski definition) is 0. The molecular formula is C12H15FN2O3S. The number of benzene rings is 1. The number of hydrogen-bond acceptors (Lipinski definition) is 4. The van der Waals surface area contributed by atoms with E-state index in [1.165, 1.54) is 14.1 Å². The molecule has 104 valence electrons. The van der Waals surface area contributed by atoms with E-state index < -0.39 is 12.3 Å². The molecule has 0 atom stereocenters. The van der Waals surface area contributed by atoms with E-state index in [0.717, 1.165) is 15.4 Å². The van der Waals surface area contributed by atoms with Crippen molar-refractivity contribution in [1.82, 2.24) is 8.61 Å². The maximum Gasteiger partial charge on any atom is 0.426 e. The second-order valence-corrected chi connectivity index (χ2v) is 5.20. The summed E-state index contributed by atoms with van der Waals surface area (Å²) >= 11 is 0.610. The first-order valence-corrected chi connectivity index (χ1v) is 6.18. The largest absolute Gasteiger partial charge is 0.426 e. The van der Waals surface area contributed by atoms with Crippen LogP contribution >= 0.6 is 12.1 Å². The van der Waals surface area contributed by atoms with Crippen molar-refractivity contribution in [2.45, 2.75) is 13.8 Å². The van der Waals surface area contributed by atoms with Crippen LogP contribution in [0.15, 0.2) is 18.2 Å². The molecule has 0 aliphatic carbocycles. The summed E-state index contributed by atoms with van der Waals surface area (Å²) in [6.07, 6.45) is -2.34. The number of ether oxygens (including phenoxy) is 1. The fourth-order valence-corrected chi connectivity index (χ4v) is 1.73. The summed E-state index contributed by atoms with van der Waals surface area (Å²) in [5, 5.41) is 0. The van der Waals surface area contributed by atoms with Gasteiger partial charge < -0.3 is 4.74 Å². The summed E-state index contributed by atoms with van der Waals surface area (Å²) < 4.78 is 19.1. The lowest BCUT2D eigenvalue weighted by atomic mass is 10.1. The van der Waals surface area contributed by atoms with E-state index in [1.807, 2.05) is 19.9 Å². The van der Waals surface area contributed by atoms with Gasteiger partial charge in [-0.1, -0.05) is 6.07 Å². The van der Waals surface area contributed by atoms with E-state index in [0.29, 0.717) is 22.2 Å². The third-order valence-corrected chi connectivity index (χ3v) is 3.22. The lowest BCUT2D eigenvalue weighted by Gasteiger charge is -2.19.